The predicted octanol–water partition coefficient (Wildman–Crippen LogP) is 4.24. The molecular weight excluding hydrogens is 557 g/mol. The quantitative estimate of drug-likeness (QED) is 0.243. The molecule has 0 fully saturated rings. The Morgan fingerprint density at radius 3 is 2.38 bits per heavy atom. The standard InChI is InChI=1S/C25H20N8O3S3/c1-2-19(38-24-18(14-27)21(20-5-3-12-37-20)17(13-26)22(28)32-24)23(34)31-15-6-8-16(9-7-15)39(35,36)33-25-29-10-4-11-30-25/h3-12,19H,2H2,1H3,(H2,28,32)(H,31,34)(H,29,30,33). The van der Waals surface area contributed by atoms with E-state index in [4.69, 9.17) is 5.73 Å². The lowest BCUT2D eigenvalue weighted by Gasteiger charge is -2.17. The van der Waals surface area contributed by atoms with Crippen molar-refractivity contribution in [2.75, 3.05) is 15.8 Å². The maximum atomic E-state index is 13.1. The zero-order valence-corrected chi connectivity index (χ0v) is 22.8. The zero-order valence-electron chi connectivity index (χ0n) is 20.3. The molecule has 4 N–H and O–H groups in total. The van der Waals surface area contributed by atoms with Crippen LogP contribution in [0.5, 0.6) is 0 Å². The van der Waals surface area contributed by atoms with Gasteiger partial charge < -0.3 is 11.1 Å². The molecule has 0 spiro atoms. The smallest absolute Gasteiger partial charge is 0.264 e. The van der Waals surface area contributed by atoms with E-state index >= 15 is 0 Å². The van der Waals surface area contributed by atoms with Crippen LogP contribution < -0.4 is 15.8 Å². The van der Waals surface area contributed by atoms with Crippen molar-refractivity contribution in [3.63, 3.8) is 0 Å². The highest BCUT2D eigenvalue weighted by Gasteiger charge is 2.26. The number of nitrogens with two attached hydrogens (primary N) is 1. The molecule has 1 aromatic carbocycles. The number of nitriles is 2. The molecule has 39 heavy (non-hydrogen) atoms. The highest BCUT2D eigenvalue weighted by molar-refractivity contribution is 8.00. The molecule has 0 saturated carbocycles. The largest absolute Gasteiger partial charge is 0.383 e. The number of hydrogen-bond donors (Lipinski definition) is 3. The van der Waals surface area contributed by atoms with E-state index in [0.29, 0.717) is 22.5 Å². The average molecular weight is 577 g/mol. The van der Waals surface area contributed by atoms with Gasteiger partial charge in [-0.15, -0.1) is 11.3 Å². The molecule has 14 heteroatoms. The number of benzene rings is 1. The highest BCUT2D eigenvalue weighted by Crippen LogP contribution is 2.39. The number of thioether (sulfide) groups is 1. The summed E-state index contributed by atoms with van der Waals surface area (Å²) < 4.78 is 27.5. The van der Waals surface area contributed by atoms with Crippen LogP contribution in [-0.2, 0) is 14.8 Å². The third kappa shape index (κ3) is 6.15. The van der Waals surface area contributed by atoms with Crippen molar-refractivity contribution in [3.8, 4) is 22.6 Å². The molecule has 4 rings (SSSR count). The zero-order chi connectivity index (χ0) is 28.0. The Balaban J connectivity index is 1.54. The molecule has 11 nitrogen and oxygen atoms in total. The molecule has 0 aliphatic heterocycles. The van der Waals surface area contributed by atoms with Crippen molar-refractivity contribution < 1.29 is 13.2 Å². The minimum Gasteiger partial charge on any atom is -0.383 e. The van der Waals surface area contributed by atoms with E-state index in [0.717, 1.165) is 11.8 Å². The van der Waals surface area contributed by atoms with E-state index in [-0.39, 0.29) is 38.7 Å². The molecule has 0 bridgehead atoms. The Hall–Kier alpha value is -4.50. The minimum absolute atomic E-state index is 0.0241. The first kappa shape index (κ1) is 27.5. The summed E-state index contributed by atoms with van der Waals surface area (Å²) in [5.74, 6) is -0.460. The third-order valence-electron chi connectivity index (χ3n) is 5.32. The van der Waals surface area contributed by atoms with Crippen LogP contribution in [0, 0.1) is 22.7 Å². The molecule has 1 unspecified atom stereocenters. The van der Waals surface area contributed by atoms with Gasteiger partial charge in [0.15, 0.2) is 0 Å². The van der Waals surface area contributed by atoms with Crippen LogP contribution in [-0.4, -0.2) is 34.5 Å². The van der Waals surface area contributed by atoms with Crippen LogP contribution >= 0.6 is 23.1 Å². The van der Waals surface area contributed by atoms with Crippen molar-refractivity contribution in [2.45, 2.75) is 28.5 Å². The summed E-state index contributed by atoms with van der Waals surface area (Å²) in [5, 5.41) is 23.8. The van der Waals surface area contributed by atoms with E-state index < -0.39 is 15.3 Å². The lowest BCUT2D eigenvalue weighted by atomic mass is 10.0. The second kappa shape index (κ2) is 11.9. The Kier molecular flexibility index (Phi) is 8.41. The predicted molar refractivity (Wildman–Crippen MR) is 149 cm³/mol. The number of anilines is 3. The third-order valence-corrected chi connectivity index (χ3v) is 8.91. The monoisotopic (exact) mass is 576 g/mol. The first-order valence-electron chi connectivity index (χ1n) is 11.3. The number of nitrogens with one attached hydrogen (secondary N) is 2. The van der Waals surface area contributed by atoms with E-state index in [1.165, 1.54) is 48.0 Å². The van der Waals surface area contributed by atoms with E-state index in [9.17, 15) is 23.7 Å². The summed E-state index contributed by atoms with van der Waals surface area (Å²) in [6.45, 7) is 1.81. The molecule has 0 aliphatic carbocycles. The molecule has 1 atom stereocenters. The van der Waals surface area contributed by atoms with Crippen LogP contribution in [0.25, 0.3) is 10.4 Å². The summed E-state index contributed by atoms with van der Waals surface area (Å²) in [6, 6.07) is 14.9. The number of carbonyl (C=O) groups excluding carboxylic acids is 1. The minimum atomic E-state index is -3.93. The Morgan fingerprint density at radius 1 is 1.10 bits per heavy atom. The Labute approximate surface area is 232 Å². The maximum Gasteiger partial charge on any atom is 0.264 e. The van der Waals surface area contributed by atoms with Gasteiger partial charge in [0, 0.05) is 28.5 Å². The van der Waals surface area contributed by atoms with Gasteiger partial charge in [-0.3, -0.25) is 4.79 Å². The lowest BCUT2D eigenvalue weighted by molar-refractivity contribution is -0.115. The normalized spacial score (nSPS) is 11.7. The van der Waals surface area contributed by atoms with Gasteiger partial charge in [0.25, 0.3) is 10.0 Å². The van der Waals surface area contributed by atoms with Gasteiger partial charge in [-0.05, 0) is 48.2 Å². The van der Waals surface area contributed by atoms with Crippen LogP contribution in [0.15, 0.2) is 70.2 Å². The second-order valence-electron chi connectivity index (χ2n) is 7.83. The summed E-state index contributed by atoms with van der Waals surface area (Å²) in [5.41, 5.74) is 7.11. The number of carbonyl (C=O) groups is 1. The number of pyridine rings is 1. The van der Waals surface area contributed by atoms with Crippen LogP contribution in [0.2, 0.25) is 0 Å². The molecular formula is C25H20N8O3S3. The van der Waals surface area contributed by atoms with Gasteiger partial charge in [0.2, 0.25) is 11.9 Å². The lowest BCUT2D eigenvalue weighted by Crippen LogP contribution is -2.25. The number of hydrogen-bond acceptors (Lipinski definition) is 11. The molecule has 3 heterocycles. The maximum absolute atomic E-state index is 13.1. The fourth-order valence-electron chi connectivity index (χ4n) is 3.48. The number of aromatic nitrogens is 3. The molecule has 4 aromatic rings. The fourth-order valence-corrected chi connectivity index (χ4v) is 6.24. The van der Waals surface area contributed by atoms with Crippen LogP contribution in [0.3, 0.4) is 0 Å². The van der Waals surface area contributed by atoms with Gasteiger partial charge in [-0.1, -0.05) is 24.8 Å². The summed E-state index contributed by atoms with van der Waals surface area (Å²) in [4.78, 5) is 25.7. The van der Waals surface area contributed by atoms with E-state index in [2.05, 4.69) is 31.1 Å². The van der Waals surface area contributed by atoms with Crippen LogP contribution in [0.1, 0.15) is 24.5 Å². The second-order valence-corrected chi connectivity index (χ2v) is 11.7. The molecule has 0 radical (unpaired) electrons. The van der Waals surface area contributed by atoms with Gasteiger partial charge >= 0.3 is 0 Å². The number of amides is 1. The fraction of sp³-hybridized carbons (Fsp3) is 0.120. The van der Waals surface area contributed by atoms with Gasteiger partial charge in [-0.2, -0.15) is 10.5 Å². The SMILES string of the molecule is CCC(Sc1nc(N)c(C#N)c(-c2cccs2)c1C#N)C(=O)Nc1ccc(S(=O)(=O)Nc2ncccn2)cc1. The van der Waals surface area contributed by atoms with Gasteiger partial charge in [-0.25, -0.2) is 28.1 Å². The van der Waals surface area contributed by atoms with Gasteiger partial charge in [0.1, 0.15) is 28.5 Å². The first-order valence-corrected chi connectivity index (χ1v) is 14.6. The van der Waals surface area contributed by atoms with Crippen molar-refractivity contribution in [3.05, 3.63) is 71.4 Å². The van der Waals surface area contributed by atoms with Crippen molar-refractivity contribution in [1.82, 2.24) is 15.0 Å². The highest BCUT2D eigenvalue weighted by atomic mass is 32.2. The molecule has 196 valence electrons. The van der Waals surface area contributed by atoms with Crippen molar-refractivity contribution >= 4 is 56.5 Å². The number of nitrogen functional groups attached to an aromatic ring is 1. The molecule has 0 saturated heterocycles. The molecule has 1 amide bonds. The average Bonchev–Trinajstić information content (AvgIpc) is 3.46. The van der Waals surface area contributed by atoms with Gasteiger partial charge in [0.05, 0.1) is 15.7 Å². The first-order chi connectivity index (χ1) is 18.8. The number of rotatable bonds is 9. The molecule has 0 aliphatic rings. The van der Waals surface area contributed by atoms with E-state index in [1.807, 2.05) is 18.4 Å². The molecule has 3 aromatic heterocycles. The Bertz CT molecular complexity index is 1680. The number of sulfonamides is 1. The summed E-state index contributed by atoms with van der Waals surface area (Å²) in [7, 11) is -3.93. The van der Waals surface area contributed by atoms with Crippen molar-refractivity contribution in [2.24, 2.45) is 0 Å². The van der Waals surface area contributed by atoms with E-state index in [1.54, 1.807) is 18.2 Å². The van der Waals surface area contributed by atoms with Crippen molar-refractivity contribution in [1.29, 1.82) is 10.5 Å². The summed E-state index contributed by atoms with van der Waals surface area (Å²) in [6.07, 6.45) is 3.22. The number of nitrogens with zero attached hydrogens (tertiary/aromatic N) is 5. The van der Waals surface area contributed by atoms with Crippen LogP contribution in [0.4, 0.5) is 17.5 Å². The topological polar surface area (TPSA) is 188 Å². The number of thiophene rings is 1. The Morgan fingerprint density at radius 2 is 1.79 bits per heavy atom. The summed E-state index contributed by atoms with van der Waals surface area (Å²) >= 11 is 2.43.